The maximum Gasteiger partial charge on any atom is 0.303 e. The van der Waals surface area contributed by atoms with Crippen molar-refractivity contribution in [3.63, 3.8) is 0 Å². The van der Waals surface area contributed by atoms with Gasteiger partial charge in [0.15, 0.2) is 6.29 Å². The number of hydrogen-bond acceptors (Lipinski definition) is 3. The van der Waals surface area contributed by atoms with E-state index in [1.165, 1.54) is 10.8 Å². The Bertz CT molecular complexity index is 627. The molecule has 0 atom stereocenters. The van der Waals surface area contributed by atoms with Gasteiger partial charge in [-0.05, 0) is 6.07 Å². The molecule has 0 saturated heterocycles. The number of hydrogen-bond donors (Lipinski definition) is 1. The lowest BCUT2D eigenvalue weighted by Crippen LogP contribution is -2.11. The van der Waals surface area contributed by atoms with Gasteiger partial charge in [0.25, 0.3) is 0 Å². The van der Waals surface area contributed by atoms with Gasteiger partial charge < -0.3 is 5.11 Å². The Morgan fingerprint density at radius 2 is 1.94 bits per heavy atom. The van der Waals surface area contributed by atoms with Crippen molar-refractivity contribution >= 4 is 29.1 Å². The zero-order valence-electron chi connectivity index (χ0n) is 9.50. The largest absolute Gasteiger partial charge is 0.481 e. The summed E-state index contributed by atoms with van der Waals surface area (Å²) in [4.78, 5) is 33.2. The quantitative estimate of drug-likeness (QED) is 0.835. The van der Waals surface area contributed by atoms with E-state index in [0.29, 0.717) is 22.8 Å². The molecule has 2 rings (SSSR count). The van der Waals surface area contributed by atoms with Gasteiger partial charge >= 0.3 is 5.97 Å². The van der Waals surface area contributed by atoms with Crippen LogP contribution >= 0.6 is 0 Å². The van der Waals surface area contributed by atoms with Gasteiger partial charge in [0.05, 0.1) is 11.9 Å². The van der Waals surface area contributed by atoms with Crippen LogP contribution in [0.4, 0.5) is 0 Å². The second-order valence-corrected chi connectivity index (χ2v) is 3.88. The molecule has 0 amide bonds. The molecule has 0 saturated carbocycles. The molecule has 18 heavy (non-hydrogen) atoms. The van der Waals surface area contributed by atoms with Crippen LogP contribution in [0.25, 0.3) is 10.9 Å². The summed E-state index contributed by atoms with van der Waals surface area (Å²) in [5.41, 5.74) is 1.05. The zero-order chi connectivity index (χ0) is 13.1. The van der Waals surface area contributed by atoms with E-state index in [1.807, 2.05) is 0 Å². The van der Waals surface area contributed by atoms with E-state index in [1.54, 1.807) is 24.3 Å². The molecule has 0 unspecified atom stereocenters. The molecule has 0 aliphatic heterocycles. The second kappa shape index (κ2) is 4.83. The molecule has 92 valence electrons. The Morgan fingerprint density at radius 3 is 2.61 bits per heavy atom. The zero-order valence-corrected chi connectivity index (χ0v) is 9.50. The molecule has 1 aromatic carbocycles. The molecule has 0 bridgehead atoms. The number of benzene rings is 1. The Hall–Kier alpha value is -2.43. The number of carboxylic acids is 1. The summed E-state index contributed by atoms with van der Waals surface area (Å²) in [6.07, 6.45) is 1.82. The Balaban J connectivity index is 2.41. The van der Waals surface area contributed by atoms with E-state index >= 15 is 0 Å². The van der Waals surface area contributed by atoms with Gasteiger partial charge in [-0.2, -0.15) is 0 Å². The van der Waals surface area contributed by atoms with Gasteiger partial charge in [-0.3, -0.25) is 19.0 Å². The van der Waals surface area contributed by atoms with Crippen molar-refractivity contribution in [3.05, 3.63) is 36.0 Å². The number of aromatic nitrogens is 1. The number of carbonyl (C=O) groups excluding carboxylic acids is 2. The van der Waals surface area contributed by atoms with Crippen molar-refractivity contribution in [2.24, 2.45) is 0 Å². The number of aldehydes is 1. The normalized spacial score (nSPS) is 10.4. The number of fused-ring (bicyclic) bond motifs is 1. The molecule has 0 fully saturated rings. The van der Waals surface area contributed by atoms with Crippen molar-refractivity contribution in [2.75, 3.05) is 0 Å². The number of carbonyl (C=O) groups is 3. The van der Waals surface area contributed by atoms with Gasteiger partial charge in [0.2, 0.25) is 5.91 Å². The van der Waals surface area contributed by atoms with Gasteiger partial charge in [-0.1, -0.05) is 18.2 Å². The second-order valence-electron chi connectivity index (χ2n) is 3.88. The number of para-hydroxylation sites is 1. The predicted molar refractivity (Wildman–Crippen MR) is 64.8 cm³/mol. The molecular weight excluding hydrogens is 234 g/mol. The Labute approximate surface area is 103 Å². The van der Waals surface area contributed by atoms with Crippen LogP contribution in [0.2, 0.25) is 0 Å². The third-order valence-electron chi connectivity index (χ3n) is 2.69. The van der Waals surface area contributed by atoms with Gasteiger partial charge in [-0.15, -0.1) is 0 Å². The minimum absolute atomic E-state index is 0.0910. The number of carboxylic acid groups (broad SMARTS) is 1. The highest BCUT2D eigenvalue weighted by molar-refractivity contribution is 6.02. The Kier molecular flexibility index (Phi) is 3.23. The van der Waals surface area contributed by atoms with Crippen molar-refractivity contribution in [1.82, 2.24) is 4.57 Å². The molecule has 1 heterocycles. The van der Waals surface area contributed by atoms with Crippen molar-refractivity contribution < 1.29 is 19.5 Å². The van der Waals surface area contributed by atoms with E-state index in [2.05, 4.69) is 0 Å². The fourth-order valence-electron chi connectivity index (χ4n) is 1.84. The molecule has 5 nitrogen and oxygen atoms in total. The minimum atomic E-state index is -1.02. The molecule has 2 aromatic rings. The van der Waals surface area contributed by atoms with Crippen LogP contribution < -0.4 is 0 Å². The summed E-state index contributed by atoms with van der Waals surface area (Å²) in [5.74, 6) is -1.35. The summed E-state index contributed by atoms with van der Waals surface area (Å²) in [7, 11) is 0. The van der Waals surface area contributed by atoms with Gasteiger partial charge in [-0.25, -0.2) is 0 Å². The lowest BCUT2D eigenvalue weighted by Gasteiger charge is -2.02. The lowest BCUT2D eigenvalue weighted by molar-refractivity contribution is -0.136. The highest BCUT2D eigenvalue weighted by Gasteiger charge is 2.13. The maximum atomic E-state index is 11.9. The summed E-state index contributed by atoms with van der Waals surface area (Å²) in [6.45, 7) is 0. The lowest BCUT2D eigenvalue weighted by atomic mass is 10.2. The third kappa shape index (κ3) is 2.15. The molecule has 0 radical (unpaired) electrons. The molecular formula is C13H11NO4. The smallest absolute Gasteiger partial charge is 0.303 e. The van der Waals surface area contributed by atoms with Crippen molar-refractivity contribution in [1.29, 1.82) is 0 Å². The first kappa shape index (κ1) is 12.0. The molecule has 1 aromatic heterocycles. The highest BCUT2D eigenvalue weighted by Crippen LogP contribution is 2.20. The van der Waals surface area contributed by atoms with Crippen LogP contribution in [0.3, 0.4) is 0 Å². The fraction of sp³-hybridized carbons (Fsp3) is 0.154. The van der Waals surface area contributed by atoms with E-state index in [0.717, 1.165) is 0 Å². The van der Waals surface area contributed by atoms with Crippen LogP contribution in [0.1, 0.15) is 28.0 Å². The SMILES string of the molecule is O=Cc1cn(C(=O)CCC(=O)O)c2ccccc12. The number of aliphatic carboxylic acids is 1. The van der Waals surface area contributed by atoms with Crippen molar-refractivity contribution in [2.45, 2.75) is 12.8 Å². The predicted octanol–water partition coefficient (Wildman–Crippen LogP) is 1.96. The molecule has 5 heteroatoms. The summed E-state index contributed by atoms with van der Waals surface area (Å²) in [6, 6.07) is 7.01. The monoisotopic (exact) mass is 245 g/mol. The molecule has 0 aliphatic rings. The topological polar surface area (TPSA) is 76.4 Å². The fourth-order valence-corrected chi connectivity index (χ4v) is 1.84. The number of nitrogens with zero attached hydrogens (tertiary/aromatic N) is 1. The van der Waals surface area contributed by atoms with E-state index < -0.39 is 5.97 Å². The first-order chi connectivity index (χ1) is 8.63. The first-order valence-electron chi connectivity index (χ1n) is 5.43. The molecule has 1 N–H and O–H groups in total. The third-order valence-corrected chi connectivity index (χ3v) is 2.69. The summed E-state index contributed by atoms with van der Waals surface area (Å²) < 4.78 is 1.34. The molecule has 0 aliphatic carbocycles. The van der Waals surface area contributed by atoms with Crippen LogP contribution in [-0.4, -0.2) is 27.8 Å². The van der Waals surface area contributed by atoms with Crippen LogP contribution in [-0.2, 0) is 4.79 Å². The van der Waals surface area contributed by atoms with E-state index in [9.17, 15) is 14.4 Å². The Morgan fingerprint density at radius 1 is 1.22 bits per heavy atom. The summed E-state index contributed by atoms with van der Waals surface area (Å²) in [5, 5.41) is 9.25. The van der Waals surface area contributed by atoms with Gasteiger partial charge in [0, 0.05) is 23.6 Å². The van der Waals surface area contributed by atoms with Gasteiger partial charge in [0.1, 0.15) is 0 Å². The van der Waals surface area contributed by atoms with Crippen LogP contribution in [0, 0.1) is 0 Å². The average molecular weight is 245 g/mol. The average Bonchev–Trinajstić information content (AvgIpc) is 2.75. The highest BCUT2D eigenvalue weighted by atomic mass is 16.4. The van der Waals surface area contributed by atoms with E-state index in [-0.39, 0.29) is 18.7 Å². The van der Waals surface area contributed by atoms with Crippen LogP contribution in [0.15, 0.2) is 30.5 Å². The van der Waals surface area contributed by atoms with Crippen molar-refractivity contribution in [3.8, 4) is 0 Å². The summed E-state index contributed by atoms with van der Waals surface area (Å²) >= 11 is 0. The van der Waals surface area contributed by atoms with Crippen LogP contribution in [0.5, 0.6) is 0 Å². The standard InChI is InChI=1S/C13H11NO4/c15-8-9-7-14(12(16)5-6-13(17)18)11-4-2-1-3-10(9)11/h1-4,7-8H,5-6H2,(H,17,18). The van der Waals surface area contributed by atoms with E-state index in [4.69, 9.17) is 5.11 Å². The molecule has 0 spiro atoms. The minimum Gasteiger partial charge on any atom is -0.481 e. The first-order valence-corrected chi connectivity index (χ1v) is 5.43. The maximum absolute atomic E-state index is 11.9. The number of rotatable bonds is 4.